The van der Waals surface area contributed by atoms with Gasteiger partial charge in [-0.3, -0.25) is 0 Å². The predicted octanol–water partition coefficient (Wildman–Crippen LogP) is 4.46. The maximum Gasteiger partial charge on any atom is 0.137 e. The molecule has 0 saturated carbocycles. The second kappa shape index (κ2) is 5.01. The van der Waals surface area contributed by atoms with Crippen molar-refractivity contribution in [1.29, 1.82) is 0 Å². The Morgan fingerprint density at radius 2 is 1.84 bits per heavy atom. The second-order valence-electron chi connectivity index (χ2n) is 6.35. The minimum Gasteiger partial charge on any atom is -0.459 e. The highest BCUT2D eigenvalue weighted by atomic mass is 16.3. The van der Waals surface area contributed by atoms with Gasteiger partial charge in [-0.15, -0.1) is 0 Å². The van der Waals surface area contributed by atoms with Crippen molar-refractivity contribution in [3.63, 3.8) is 0 Å². The molecule has 1 N–H and O–H groups in total. The summed E-state index contributed by atoms with van der Waals surface area (Å²) < 4.78 is 6.04. The van der Waals surface area contributed by atoms with E-state index in [9.17, 15) is 0 Å². The Hall–Kier alpha value is -1.28. The first-order valence-corrected chi connectivity index (χ1v) is 7.08. The molecule has 0 amide bonds. The van der Waals surface area contributed by atoms with Crippen molar-refractivity contribution in [3.8, 4) is 0 Å². The average molecular weight is 259 g/mol. The topological polar surface area (TPSA) is 25.2 Å². The Morgan fingerprint density at radius 1 is 1.16 bits per heavy atom. The van der Waals surface area contributed by atoms with Crippen LogP contribution in [0.4, 0.5) is 0 Å². The summed E-state index contributed by atoms with van der Waals surface area (Å²) in [4.78, 5) is 0. The van der Waals surface area contributed by atoms with Gasteiger partial charge in [0.25, 0.3) is 0 Å². The van der Waals surface area contributed by atoms with Crippen molar-refractivity contribution < 1.29 is 4.42 Å². The van der Waals surface area contributed by atoms with E-state index >= 15 is 0 Å². The van der Waals surface area contributed by atoms with Gasteiger partial charge in [0.1, 0.15) is 11.3 Å². The number of hydrogen-bond donors (Lipinski definition) is 1. The molecular weight excluding hydrogens is 234 g/mol. The van der Waals surface area contributed by atoms with Crippen molar-refractivity contribution in [2.24, 2.45) is 0 Å². The largest absolute Gasteiger partial charge is 0.459 e. The number of rotatable bonds is 3. The molecule has 0 bridgehead atoms. The zero-order valence-electron chi connectivity index (χ0n) is 13.0. The van der Waals surface area contributed by atoms with E-state index in [-0.39, 0.29) is 5.41 Å². The van der Waals surface area contributed by atoms with Crippen LogP contribution in [0.25, 0.3) is 11.0 Å². The Morgan fingerprint density at radius 3 is 2.42 bits per heavy atom. The highest BCUT2D eigenvalue weighted by Crippen LogP contribution is 2.33. The zero-order chi connectivity index (χ0) is 14.2. The number of nitrogens with one attached hydrogen (secondary N) is 1. The molecule has 1 aromatic carbocycles. The fourth-order valence-electron chi connectivity index (χ4n) is 2.38. The van der Waals surface area contributed by atoms with E-state index < -0.39 is 0 Å². The van der Waals surface area contributed by atoms with E-state index in [0.717, 1.165) is 24.4 Å². The first kappa shape index (κ1) is 14.1. The van der Waals surface area contributed by atoms with Gasteiger partial charge in [0, 0.05) is 5.39 Å². The summed E-state index contributed by atoms with van der Waals surface area (Å²) in [5.74, 6) is 1.06. The summed E-state index contributed by atoms with van der Waals surface area (Å²) in [6.45, 7) is 14.9. The summed E-state index contributed by atoms with van der Waals surface area (Å²) in [7, 11) is 0. The molecule has 104 valence electrons. The van der Waals surface area contributed by atoms with Crippen LogP contribution in [0.15, 0.2) is 16.5 Å². The molecule has 2 heteroatoms. The van der Waals surface area contributed by atoms with Crippen molar-refractivity contribution in [2.75, 3.05) is 6.54 Å². The number of benzene rings is 1. The zero-order valence-corrected chi connectivity index (χ0v) is 13.0. The molecule has 0 aliphatic carbocycles. The summed E-state index contributed by atoms with van der Waals surface area (Å²) >= 11 is 0. The van der Waals surface area contributed by atoms with E-state index in [4.69, 9.17) is 4.42 Å². The molecule has 0 spiro atoms. The number of aryl methyl sites for hydroxylation is 2. The Balaban J connectivity index is 2.57. The molecule has 1 heterocycles. The molecule has 2 rings (SSSR count). The summed E-state index contributed by atoms with van der Waals surface area (Å²) in [6.07, 6.45) is 0. The molecule has 0 atom stereocenters. The summed E-state index contributed by atoms with van der Waals surface area (Å²) in [6, 6.07) is 4.54. The molecule has 0 saturated heterocycles. The van der Waals surface area contributed by atoms with Gasteiger partial charge < -0.3 is 9.73 Å². The van der Waals surface area contributed by atoms with Crippen molar-refractivity contribution in [2.45, 2.75) is 53.5 Å². The lowest BCUT2D eigenvalue weighted by Crippen LogP contribution is -2.11. The highest BCUT2D eigenvalue weighted by molar-refractivity contribution is 5.85. The molecular formula is C17H25NO. The van der Waals surface area contributed by atoms with Crippen molar-refractivity contribution in [1.82, 2.24) is 5.32 Å². The number of hydrogen-bond acceptors (Lipinski definition) is 2. The van der Waals surface area contributed by atoms with Crippen LogP contribution in [0.3, 0.4) is 0 Å². The van der Waals surface area contributed by atoms with E-state index in [0.29, 0.717) is 0 Å². The van der Waals surface area contributed by atoms with Crippen LogP contribution in [0.1, 0.15) is 50.1 Å². The third-order valence-corrected chi connectivity index (χ3v) is 3.72. The third-order valence-electron chi connectivity index (χ3n) is 3.72. The standard InChI is InChI=1S/C17H25NO/c1-7-18-10-15-12(3)14-9-13(17(4,5)6)8-11(2)16(14)19-15/h8-9,18H,7,10H2,1-6H3. The minimum atomic E-state index is 0.171. The monoisotopic (exact) mass is 259 g/mol. The quantitative estimate of drug-likeness (QED) is 0.880. The molecule has 19 heavy (non-hydrogen) atoms. The predicted molar refractivity (Wildman–Crippen MR) is 81.8 cm³/mol. The van der Waals surface area contributed by atoms with Crippen LogP contribution in [0.5, 0.6) is 0 Å². The van der Waals surface area contributed by atoms with Gasteiger partial charge in [-0.1, -0.05) is 33.8 Å². The van der Waals surface area contributed by atoms with Gasteiger partial charge >= 0.3 is 0 Å². The minimum absolute atomic E-state index is 0.171. The Kier molecular flexibility index (Phi) is 3.73. The summed E-state index contributed by atoms with van der Waals surface area (Å²) in [5.41, 5.74) is 5.08. The molecule has 0 aliphatic rings. The highest BCUT2D eigenvalue weighted by Gasteiger charge is 2.18. The number of fused-ring (bicyclic) bond motifs is 1. The van der Waals surface area contributed by atoms with Crippen LogP contribution in [-0.2, 0) is 12.0 Å². The van der Waals surface area contributed by atoms with E-state index in [1.54, 1.807) is 0 Å². The van der Waals surface area contributed by atoms with Gasteiger partial charge in [-0.2, -0.15) is 0 Å². The molecule has 0 radical (unpaired) electrons. The van der Waals surface area contributed by atoms with Crippen LogP contribution in [0.2, 0.25) is 0 Å². The lowest BCUT2D eigenvalue weighted by molar-refractivity contribution is 0.514. The summed E-state index contributed by atoms with van der Waals surface area (Å²) in [5, 5.41) is 4.60. The lowest BCUT2D eigenvalue weighted by atomic mass is 9.85. The SMILES string of the molecule is CCNCc1oc2c(C)cc(C(C)(C)C)cc2c1C. The first-order chi connectivity index (χ1) is 8.84. The molecule has 2 nitrogen and oxygen atoms in total. The molecule has 0 fully saturated rings. The van der Waals surface area contributed by atoms with Crippen LogP contribution < -0.4 is 5.32 Å². The normalized spacial score (nSPS) is 12.3. The maximum atomic E-state index is 6.04. The van der Waals surface area contributed by atoms with E-state index in [1.807, 2.05) is 0 Å². The molecule has 1 aromatic heterocycles. The van der Waals surface area contributed by atoms with Crippen LogP contribution in [0, 0.1) is 13.8 Å². The van der Waals surface area contributed by atoms with Gasteiger partial charge in [0.15, 0.2) is 0 Å². The number of furan rings is 1. The van der Waals surface area contributed by atoms with Gasteiger partial charge in [-0.05, 0) is 48.6 Å². The fourth-order valence-corrected chi connectivity index (χ4v) is 2.38. The van der Waals surface area contributed by atoms with Crippen molar-refractivity contribution >= 4 is 11.0 Å². The van der Waals surface area contributed by atoms with E-state index in [2.05, 4.69) is 59.0 Å². The van der Waals surface area contributed by atoms with Crippen molar-refractivity contribution in [3.05, 3.63) is 34.6 Å². The van der Waals surface area contributed by atoms with Crippen LogP contribution >= 0.6 is 0 Å². The fraction of sp³-hybridized carbons (Fsp3) is 0.529. The smallest absolute Gasteiger partial charge is 0.137 e. The first-order valence-electron chi connectivity index (χ1n) is 7.08. The Bertz CT molecular complexity index is 587. The van der Waals surface area contributed by atoms with Gasteiger partial charge in [0.05, 0.1) is 6.54 Å². The molecule has 0 aliphatic heterocycles. The van der Waals surface area contributed by atoms with Gasteiger partial charge in [0.2, 0.25) is 0 Å². The molecule has 0 unspecified atom stereocenters. The lowest BCUT2D eigenvalue weighted by Gasteiger charge is -2.19. The average Bonchev–Trinajstić information content (AvgIpc) is 2.64. The molecule has 2 aromatic rings. The van der Waals surface area contributed by atoms with Crippen LogP contribution in [-0.4, -0.2) is 6.54 Å². The Labute approximate surface area is 116 Å². The second-order valence-corrected chi connectivity index (χ2v) is 6.35. The maximum absolute atomic E-state index is 6.04. The van der Waals surface area contributed by atoms with E-state index in [1.165, 1.54) is 22.1 Å². The van der Waals surface area contributed by atoms with Gasteiger partial charge in [-0.25, -0.2) is 0 Å². The third kappa shape index (κ3) is 2.69.